The first-order chi connectivity index (χ1) is 24.8. The van der Waals surface area contributed by atoms with Crippen LogP contribution in [-0.4, -0.2) is 15.0 Å². The van der Waals surface area contributed by atoms with Crippen molar-refractivity contribution in [3.8, 4) is 56.4 Å². The normalized spacial score (nSPS) is 11.6. The van der Waals surface area contributed by atoms with E-state index in [-0.39, 0.29) is 0 Å². The maximum atomic E-state index is 6.23. The first kappa shape index (κ1) is 28.6. The highest BCUT2D eigenvalue weighted by atomic mass is 32.1. The molecule has 3 aromatic heterocycles. The van der Waals surface area contributed by atoms with Gasteiger partial charge in [0.1, 0.15) is 11.2 Å². The molecule has 0 aliphatic heterocycles. The number of fused-ring (bicyclic) bond motifs is 6. The van der Waals surface area contributed by atoms with Crippen molar-refractivity contribution in [3.63, 3.8) is 0 Å². The molecular weight excluding hydrogens is 631 g/mol. The molecule has 3 heterocycles. The largest absolute Gasteiger partial charge is 0.456 e. The van der Waals surface area contributed by atoms with E-state index in [1.54, 1.807) is 11.3 Å². The predicted molar refractivity (Wildman–Crippen MR) is 207 cm³/mol. The number of para-hydroxylation sites is 1. The van der Waals surface area contributed by atoms with Gasteiger partial charge in [0.25, 0.3) is 0 Å². The van der Waals surface area contributed by atoms with Gasteiger partial charge in [-0.15, -0.1) is 11.3 Å². The molecule has 0 saturated heterocycles. The number of furan rings is 1. The molecule has 10 rings (SSSR count). The molecule has 0 aliphatic rings. The van der Waals surface area contributed by atoms with Gasteiger partial charge in [0.05, 0.1) is 0 Å². The summed E-state index contributed by atoms with van der Waals surface area (Å²) in [5, 5.41) is 4.68. The van der Waals surface area contributed by atoms with Crippen LogP contribution in [0.25, 0.3) is 98.5 Å². The average molecular weight is 658 g/mol. The van der Waals surface area contributed by atoms with Crippen LogP contribution in [0.4, 0.5) is 0 Å². The average Bonchev–Trinajstić information content (AvgIpc) is 3.76. The quantitative estimate of drug-likeness (QED) is 0.185. The topological polar surface area (TPSA) is 51.8 Å². The molecule has 0 saturated carbocycles. The molecule has 0 atom stereocenters. The van der Waals surface area contributed by atoms with Gasteiger partial charge >= 0.3 is 0 Å². The van der Waals surface area contributed by atoms with E-state index in [9.17, 15) is 0 Å². The van der Waals surface area contributed by atoms with E-state index in [1.165, 1.54) is 20.2 Å². The third kappa shape index (κ3) is 4.79. The summed E-state index contributed by atoms with van der Waals surface area (Å²) < 4.78 is 8.64. The number of nitrogens with zero attached hydrogens (tertiary/aromatic N) is 3. The first-order valence-electron chi connectivity index (χ1n) is 16.6. The number of hydrogen-bond donors (Lipinski definition) is 0. The van der Waals surface area contributed by atoms with Crippen molar-refractivity contribution in [2.75, 3.05) is 0 Å². The summed E-state index contributed by atoms with van der Waals surface area (Å²) in [7, 11) is 0. The Morgan fingerprint density at radius 1 is 0.360 bits per heavy atom. The highest BCUT2D eigenvalue weighted by Crippen LogP contribution is 2.40. The maximum Gasteiger partial charge on any atom is 0.165 e. The standard InChI is InChI=1S/C45H27N3OS/c1-2-12-28(13-3-1)32-16-4-5-19-37(32)44-46-43(47-45(48-44)38-21-11-20-36-35-18-7-9-23-41(35)50-42(36)38)31-15-10-14-29(26-31)30-24-25-34-33-17-6-8-22-39(33)49-40(34)27-30/h1-27H. The Bertz CT molecular complexity index is 2890. The van der Waals surface area contributed by atoms with Gasteiger partial charge in [0, 0.05) is 47.6 Å². The number of hydrogen-bond acceptors (Lipinski definition) is 5. The van der Waals surface area contributed by atoms with E-state index >= 15 is 0 Å². The maximum absolute atomic E-state index is 6.23. The fourth-order valence-corrected chi connectivity index (χ4v) is 8.17. The summed E-state index contributed by atoms with van der Waals surface area (Å²) in [5.41, 5.74) is 8.94. The van der Waals surface area contributed by atoms with Gasteiger partial charge < -0.3 is 4.42 Å². The minimum Gasteiger partial charge on any atom is -0.456 e. The number of rotatable bonds is 5. The van der Waals surface area contributed by atoms with Crippen LogP contribution >= 0.6 is 11.3 Å². The predicted octanol–water partition coefficient (Wildman–Crippen LogP) is 12.5. The van der Waals surface area contributed by atoms with Crippen LogP contribution in [0.1, 0.15) is 0 Å². The molecule has 0 radical (unpaired) electrons. The van der Waals surface area contributed by atoms with Crippen LogP contribution in [-0.2, 0) is 0 Å². The molecule has 7 aromatic carbocycles. The molecule has 5 heteroatoms. The summed E-state index contributed by atoms with van der Waals surface area (Å²) in [5.74, 6) is 1.91. The summed E-state index contributed by atoms with van der Waals surface area (Å²) in [6, 6.07) is 56.8. The molecule has 0 N–H and O–H groups in total. The van der Waals surface area contributed by atoms with Gasteiger partial charge in [-0.05, 0) is 58.7 Å². The van der Waals surface area contributed by atoms with Crippen LogP contribution in [0, 0.1) is 0 Å². The molecule has 50 heavy (non-hydrogen) atoms. The summed E-state index contributed by atoms with van der Waals surface area (Å²) in [6.07, 6.45) is 0. The Labute approximate surface area is 292 Å². The van der Waals surface area contributed by atoms with Crippen LogP contribution in [0.15, 0.2) is 168 Å². The molecule has 0 amide bonds. The third-order valence-electron chi connectivity index (χ3n) is 9.37. The monoisotopic (exact) mass is 657 g/mol. The Kier molecular flexibility index (Phi) is 6.64. The van der Waals surface area contributed by atoms with Crippen molar-refractivity contribution < 1.29 is 4.42 Å². The van der Waals surface area contributed by atoms with E-state index in [4.69, 9.17) is 19.4 Å². The number of benzene rings is 7. The fourth-order valence-electron chi connectivity index (χ4n) is 6.96. The SMILES string of the molecule is c1ccc(-c2ccccc2-c2nc(-c3cccc(-c4ccc5c(c4)oc4ccccc45)c3)nc(-c3cccc4c3sc3ccccc34)n2)cc1. The minimum atomic E-state index is 0.623. The molecular formula is C45H27N3OS. The van der Waals surface area contributed by atoms with Crippen LogP contribution in [0.2, 0.25) is 0 Å². The van der Waals surface area contributed by atoms with Crippen molar-refractivity contribution in [3.05, 3.63) is 164 Å². The van der Waals surface area contributed by atoms with Crippen molar-refractivity contribution >= 4 is 53.4 Å². The number of thiophene rings is 1. The Balaban J connectivity index is 1.17. The smallest absolute Gasteiger partial charge is 0.165 e. The van der Waals surface area contributed by atoms with Crippen molar-refractivity contribution in [2.45, 2.75) is 0 Å². The van der Waals surface area contributed by atoms with Gasteiger partial charge in [-0.1, -0.05) is 127 Å². The Morgan fingerprint density at radius 2 is 0.960 bits per heavy atom. The molecule has 4 nitrogen and oxygen atoms in total. The second kappa shape index (κ2) is 11.6. The summed E-state index contributed by atoms with van der Waals surface area (Å²) in [6.45, 7) is 0. The summed E-state index contributed by atoms with van der Waals surface area (Å²) >= 11 is 1.78. The Morgan fingerprint density at radius 3 is 1.86 bits per heavy atom. The molecule has 0 fully saturated rings. The van der Waals surface area contributed by atoms with Crippen LogP contribution in [0.3, 0.4) is 0 Å². The minimum absolute atomic E-state index is 0.623. The van der Waals surface area contributed by atoms with E-state index in [1.807, 2.05) is 30.3 Å². The Hall–Kier alpha value is -6.43. The van der Waals surface area contributed by atoms with Gasteiger partial charge in [0.2, 0.25) is 0 Å². The highest BCUT2D eigenvalue weighted by molar-refractivity contribution is 7.26. The molecule has 0 bridgehead atoms. The number of aromatic nitrogens is 3. The zero-order valence-electron chi connectivity index (χ0n) is 26.7. The van der Waals surface area contributed by atoms with E-state index in [0.717, 1.165) is 60.9 Å². The molecule has 0 aliphatic carbocycles. The second-order valence-corrected chi connectivity index (χ2v) is 13.4. The molecule has 10 aromatic rings. The van der Waals surface area contributed by atoms with Gasteiger partial charge in [-0.25, -0.2) is 15.0 Å². The van der Waals surface area contributed by atoms with Crippen LogP contribution < -0.4 is 0 Å². The van der Waals surface area contributed by atoms with Gasteiger partial charge in [-0.3, -0.25) is 0 Å². The van der Waals surface area contributed by atoms with Crippen molar-refractivity contribution in [1.29, 1.82) is 0 Å². The van der Waals surface area contributed by atoms with E-state index in [2.05, 4.69) is 133 Å². The van der Waals surface area contributed by atoms with Gasteiger partial charge in [0.15, 0.2) is 17.5 Å². The van der Waals surface area contributed by atoms with Crippen molar-refractivity contribution in [2.24, 2.45) is 0 Å². The zero-order chi connectivity index (χ0) is 33.0. The van der Waals surface area contributed by atoms with E-state index in [0.29, 0.717) is 17.5 Å². The summed E-state index contributed by atoms with van der Waals surface area (Å²) in [4.78, 5) is 15.6. The lowest BCUT2D eigenvalue weighted by atomic mass is 9.99. The molecule has 0 spiro atoms. The fraction of sp³-hybridized carbons (Fsp3) is 0. The lowest BCUT2D eigenvalue weighted by molar-refractivity contribution is 0.669. The third-order valence-corrected chi connectivity index (χ3v) is 10.6. The lowest BCUT2D eigenvalue weighted by Gasteiger charge is -2.13. The molecule has 234 valence electrons. The molecule has 0 unspecified atom stereocenters. The zero-order valence-corrected chi connectivity index (χ0v) is 27.6. The second-order valence-electron chi connectivity index (χ2n) is 12.4. The van der Waals surface area contributed by atoms with Crippen LogP contribution in [0.5, 0.6) is 0 Å². The van der Waals surface area contributed by atoms with Gasteiger partial charge in [-0.2, -0.15) is 0 Å². The van der Waals surface area contributed by atoms with Crippen molar-refractivity contribution in [1.82, 2.24) is 15.0 Å². The first-order valence-corrected chi connectivity index (χ1v) is 17.4. The van der Waals surface area contributed by atoms with E-state index < -0.39 is 0 Å². The lowest BCUT2D eigenvalue weighted by Crippen LogP contribution is -2.01. The highest BCUT2D eigenvalue weighted by Gasteiger charge is 2.19.